The third kappa shape index (κ3) is 4.08. The summed E-state index contributed by atoms with van der Waals surface area (Å²) in [6, 6.07) is 18.8. The zero-order valence-corrected chi connectivity index (χ0v) is 12.3. The van der Waals surface area contributed by atoms with Crippen LogP contribution in [-0.4, -0.2) is 14.1 Å². The van der Waals surface area contributed by atoms with E-state index in [0.29, 0.717) is 6.61 Å². The van der Waals surface area contributed by atoms with Crippen molar-refractivity contribution in [1.29, 1.82) is 0 Å². The van der Waals surface area contributed by atoms with E-state index in [1.54, 1.807) is 0 Å². The molecule has 106 valence electrons. The van der Waals surface area contributed by atoms with Crippen LogP contribution in [0.1, 0.15) is 24.1 Å². The lowest BCUT2D eigenvalue weighted by atomic mass is 10.1. The van der Waals surface area contributed by atoms with Gasteiger partial charge in [0.25, 0.3) is 0 Å². The van der Waals surface area contributed by atoms with Crippen LogP contribution in [-0.2, 0) is 11.4 Å². The van der Waals surface area contributed by atoms with Crippen molar-refractivity contribution >= 4 is 5.69 Å². The molecule has 0 aliphatic carbocycles. The van der Waals surface area contributed by atoms with Gasteiger partial charge in [-0.2, -0.15) is 5.48 Å². The molecule has 1 N–H and O–H groups in total. The highest BCUT2D eigenvalue weighted by molar-refractivity contribution is 5.46. The molecule has 2 rings (SSSR count). The van der Waals surface area contributed by atoms with E-state index in [0.717, 1.165) is 5.56 Å². The van der Waals surface area contributed by atoms with Gasteiger partial charge in [-0.05, 0) is 30.2 Å². The van der Waals surface area contributed by atoms with Gasteiger partial charge in [0.15, 0.2) is 0 Å². The second-order valence-corrected chi connectivity index (χ2v) is 5.10. The molecule has 20 heavy (non-hydrogen) atoms. The topological polar surface area (TPSA) is 24.5 Å². The van der Waals surface area contributed by atoms with Crippen molar-refractivity contribution in [3.8, 4) is 0 Å². The molecule has 0 spiro atoms. The summed E-state index contributed by atoms with van der Waals surface area (Å²) in [6.07, 6.45) is 0. The Morgan fingerprint density at radius 2 is 1.65 bits per heavy atom. The third-order valence-corrected chi connectivity index (χ3v) is 3.25. The molecule has 0 amide bonds. The molecule has 2 aromatic carbocycles. The quantitative estimate of drug-likeness (QED) is 0.813. The van der Waals surface area contributed by atoms with Gasteiger partial charge in [-0.1, -0.05) is 42.5 Å². The van der Waals surface area contributed by atoms with Gasteiger partial charge >= 0.3 is 0 Å². The maximum absolute atomic E-state index is 5.55. The first-order valence-corrected chi connectivity index (χ1v) is 6.85. The van der Waals surface area contributed by atoms with Gasteiger partial charge in [-0.25, -0.2) is 0 Å². The lowest BCUT2D eigenvalue weighted by Crippen LogP contribution is -2.19. The molecule has 3 nitrogen and oxygen atoms in total. The molecule has 0 heterocycles. The Kier molecular flexibility index (Phi) is 5.16. The average Bonchev–Trinajstić information content (AvgIpc) is 2.48. The fourth-order valence-electron chi connectivity index (χ4n) is 1.95. The van der Waals surface area contributed by atoms with Crippen molar-refractivity contribution in [1.82, 2.24) is 5.48 Å². The summed E-state index contributed by atoms with van der Waals surface area (Å²) in [4.78, 5) is 7.64. The van der Waals surface area contributed by atoms with E-state index in [9.17, 15) is 0 Å². The fourth-order valence-corrected chi connectivity index (χ4v) is 1.95. The van der Waals surface area contributed by atoms with Crippen molar-refractivity contribution in [3.63, 3.8) is 0 Å². The van der Waals surface area contributed by atoms with E-state index >= 15 is 0 Å². The SMILES string of the molecule is CC(NOCc1ccccc1)c1ccc(N(C)C)cc1. The van der Waals surface area contributed by atoms with E-state index < -0.39 is 0 Å². The van der Waals surface area contributed by atoms with Crippen LogP contribution in [0, 0.1) is 0 Å². The predicted molar refractivity (Wildman–Crippen MR) is 83.6 cm³/mol. The predicted octanol–water partition coefficient (Wildman–Crippen LogP) is 3.54. The summed E-state index contributed by atoms with van der Waals surface area (Å²) in [5.74, 6) is 0. The molecular formula is C17H22N2O. The van der Waals surface area contributed by atoms with Crippen molar-refractivity contribution in [3.05, 3.63) is 65.7 Å². The second-order valence-electron chi connectivity index (χ2n) is 5.10. The Labute approximate surface area is 121 Å². The summed E-state index contributed by atoms with van der Waals surface area (Å²) < 4.78 is 0. The molecule has 1 unspecified atom stereocenters. The number of hydroxylamine groups is 1. The Balaban J connectivity index is 1.84. The molecule has 0 saturated heterocycles. The lowest BCUT2D eigenvalue weighted by Gasteiger charge is -2.17. The lowest BCUT2D eigenvalue weighted by molar-refractivity contribution is 0.00698. The van der Waals surface area contributed by atoms with Crippen LogP contribution >= 0.6 is 0 Å². The molecule has 2 aromatic rings. The van der Waals surface area contributed by atoms with Crippen molar-refractivity contribution in [2.75, 3.05) is 19.0 Å². The van der Waals surface area contributed by atoms with Gasteiger partial charge in [-0.15, -0.1) is 0 Å². The first-order valence-electron chi connectivity index (χ1n) is 6.85. The Morgan fingerprint density at radius 3 is 2.25 bits per heavy atom. The molecule has 3 heteroatoms. The number of nitrogens with one attached hydrogen (secondary N) is 1. The third-order valence-electron chi connectivity index (χ3n) is 3.25. The van der Waals surface area contributed by atoms with Crippen LogP contribution in [0.3, 0.4) is 0 Å². The molecule has 0 aliphatic rings. The van der Waals surface area contributed by atoms with Gasteiger partial charge in [-0.3, -0.25) is 4.84 Å². The van der Waals surface area contributed by atoms with Crippen LogP contribution in [0.2, 0.25) is 0 Å². The molecular weight excluding hydrogens is 248 g/mol. The maximum Gasteiger partial charge on any atom is 0.0933 e. The summed E-state index contributed by atoms with van der Waals surface area (Å²) in [5, 5.41) is 0. The van der Waals surface area contributed by atoms with E-state index in [1.165, 1.54) is 11.3 Å². The fraction of sp³-hybridized carbons (Fsp3) is 0.294. The number of hydrogen-bond acceptors (Lipinski definition) is 3. The van der Waals surface area contributed by atoms with Crippen LogP contribution in [0.25, 0.3) is 0 Å². The normalized spacial score (nSPS) is 12.2. The van der Waals surface area contributed by atoms with E-state index in [-0.39, 0.29) is 6.04 Å². The number of anilines is 1. The monoisotopic (exact) mass is 270 g/mol. The largest absolute Gasteiger partial charge is 0.378 e. The van der Waals surface area contributed by atoms with E-state index in [2.05, 4.69) is 53.7 Å². The highest BCUT2D eigenvalue weighted by atomic mass is 16.6. The number of rotatable bonds is 6. The minimum atomic E-state index is 0.162. The van der Waals surface area contributed by atoms with Crippen LogP contribution < -0.4 is 10.4 Å². The summed E-state index contributed by atoms with van der Waals surface area (Å²) in [7, 11) is 4.08. The zero-order valence-electron chi connectivity index (χ0n) is 12.3. The molecule has 0 fully saturated rings. The Morgan fingerprint density at radius 1 is 1.00 bits per heavy atom. The minimum Gasteiger partial charge on any atom is -0.378 e. The van der Waals surface area contributed by atoms with Crippen LogP contribution in [0.4, 0.5) is 5.69 Å². The van der Waals surface area contributed by atoms with Gasteiger partial charge in [0.2, 0.25) is 0 Å². The smallest absolute Gasteiger partial charge is 0.0933 e. The van der Waals surface area contributed by atoms with Crippen molar-refractivity contribution in [2.45, 2.75) is 19.6 Å². The Bertz CT molecular complexity index is 508. The molecule has 0 aliphatic heterocycles. The van der Waals surface area contributed by atoms with Crippen molar-refractivity contribution < 1.29 is 4.84 Å². The van der Waals surface area contributed by atoms with Crippen molar-refractivity contribution in [2.24, 2.45) is 0 Å². The van der Waals surface area contributed by atoms with Crippen LogP contribution in [0.5, 0.6) is 0 Å². The Hall–Kier alpha value is -1.84. The zero-order chi connectivity index (χ0) is 14.4. The summed E-state index contributed by atoms with van der Waals surface area (Å²) >= 11 is 0. The highest BCUT2D eigenvalue weighted by Gasteiger charge is 2.05. The average molecular weight is 270 g/mol. The number of benzene rings is 2. The number of hydrogen-bond donors (Lipinski definition) is 1. The first-order chi connectivity index (χ1) is 9.66. The molecule has 0 saturated carbocycles. The second kappa shape index (κ2) is 7.08. The van der Waals surface area contributed by atoms with Gasteiger partial charge < -0.3 is 4.90 Å². The van der Waals surface area contributed by atoms with Gasteiger partial charge in [0.05, 0.1) is 12.6 Å². The molecule has 1 atom stereocenters. The summed E-state index contributed by atoms with van der Waals surface area (Å²) in [6.45, 7) is 2.66. The maximum atomic E-state index is 5.55. The van der Waals surface area contributed by atoms with E-state index in [1.807, 2.05) is 32.3 Å². The van der Waals surface area contributed by atoms with Crippen LogP contribution in [0.15, 0.2) is 54.6 Å². The number of nitrogens with zero attached hydrogens (tertiary/aromatic N) is 1. The molecule has 0 aromatic heterocycles. The van der Waals surface area contributed by atoms with E-state index in [4.69, 9.17) is 4.84 Å². The first kappa shape index (κ1) is 14.6. The molecule has 0 radical (unpaired) electrons. The summed E-state index contributed by atoms with van der Waals surface area (Å²) in [5.41, 5.74) is 6.66. The van der Waals surface area contributed by atoms with Gasteiger partial charge in [0.1, 0.15) is 0 Å². The van der Waals surface area contributed by atoms with Gasteiger partial charge in [0, 0.05) is 19.8 Å². The molecule has 0 bridgehead atoms. The minimum absolute atomic E-state index is 0.162. The highest BCUT2D eigenvalue weighted by Crippen LogP contribution is 2.17. The standard InChI is InChI=1S/C17H22N2O/c1-14(16-9-11-17(12-10-16)19(2)3)18-20-13-15-7-5-4-6-8-15/h4-12,14,18H,13H2,1-3H3.